The molecule has 1 aromatic carbocycles. The molecule has 0 saturated heterocycles. The average Bonchev–Trinajstić information content (AvgIpc) is 3.27. The predicted octanol–water partition coefficient (Wildman–Crippen LogP) is 4.40. The number of hydrogen-bond acceptors (Lipinski definition) is 5. The number of furan rings is 1. The largest absolute Gasteiger partial charge is 0.472 e. The first-order chi connectivity index (χ1) is 12.0. The van der Waals surface area contributed by atoms with Gasteiger partial charge in [0.1, 0.15) is 0 Å². The van der Waals surface area contributed by atoms with E-state index in [4.69, 9.17) is 4.42 Å². The molecule has 0 bridgehead atoms. The zero-order valence-electron chi connectivity index (χ0n) is 13.5. The molecule has 6 nitrogen and oxygen atoms in total. The Bertz CT molecular complexity index is 836. The Morgan fingerprint density at radius 2 is 2.12 bits per heavy atom. The second-order valence-corrected chi connectivity index (χ2v) is 6.66. The third-order valence-corrected chi connectivity index (χ3v) is 4.68. The fraction of sp³-hybridized carbons (Fsp3) is 0.167. The summed E-state index contributed by atoms with van der Waals surface area (Å²) in [4.78, 5) is 26.3. The zero-order valence-corrected chi connectivity index (χ0v) is 14.4. The Balaban J connectivity index is 1.90. The summed E-state index contributed by atoms with van der Waals surface area (Å²) in [6.07, 6.45) is 3.14. The molecule has 2 aromatic heterocycles. The molecular formula is C18H16N2O4S. The first-order valence-corrected chi connectivity index (χ1v) is 8.50. The maximum Gasteiger partial charge on any atom is 0.273 e. The highest BCUT2D eigenvalue weighted by molar-refractivity contribution is 7.09. The van der Waals surface area contributed by atoms with Crippen LogP contribution in [0, 0.1) is 17.0 Å². The van der Waals surface area contributed by atoms with Gasteiger partial charge in [-0.1, -0.05) is 12.1 Å². The van der Waals surface area contributed by atoms with Crippen LogP contribution in [0.25, 0.3) is 0 Å². The number of amides is 1. The molecule has 0 N–H and O–H groups in total. The van der Waals surface area contributed by atoms with Crippen LogP contribution in [0.5, 0.6) is 0 Å². The van der Waals surface area contributed by atoms with Gasteiger partial charge in [-0.05, 0) is 30.5 Å². The second-order valence-electron chi connectivity index (χ2n) is 5.63. The number of benzene rings is 1. The monoisotopic (exact) mass is 356 g/mol. The number of nitro benzene ring substituents is 1. The maximum absolute atomic E-state index is 13.0. The lowest BCUT2D eigenvalue weighted by Crippen LogP contribution is -2.29. The van der Waals surface area contributed by atoms with E-state index in [0.29, 0.717) is 24.2 Å². The number of nitrogens with zero attached hydrogens (tertiary/aromatic N) is 2. The van der Waals surface area contributed by atoms with Crippen molar-refractivity contribution in [3.8, 4) is 0 Å². The van der Waals surface area contributed by atoms with Crippen molar-refractivity contribution in [2.45, 2.75) is 20.0 Å². The van der Waals surface area contributed by atoms with E-state index in [1.165, 1.54) is 6.07 Å². The molecule has 0 fully saturated rings. The molecule has 1 amide bonds. The Labute approximate surface area is 148 Å². The van der Waals surface area contributed by atoms with E-state index in [1.54, 1.807) is 53.9 Å². The third-order valence-electron chi connectivity index (χ3n) is 3.82. The standard InChI is InChI=1S/C18H16N2O4S/c1-13-4-5-15(9-17(13)20(22)23)18(21)19(10-14-6-7-24-12-14)11-16-3-2-8-25-16/h2-9,12H,10-11H2,1H3. The van der Waals surface area contributed by atoms with Crippen LogP contribution in [0.3, 0.4) is 0 Å². The van der Waals surface area contributed by atoms with Crippen molar-refractivity contribution in [3.05, 3.63) is 86.0 Å². The molecule has 0 unspecified atom stereocenters. The van der Waals surface area contributed by atoms with Crippen LogP contribution in [0.15, 0.2) is 58.7 Å². The lowest BCUT2D eigenvalue weighted by atomic mass is 10.1. The van der Waals surface area contributed by atoms with Crippen LogP contribution >= 0.6 is 11.3 Å². The van der Waals surface area contributed by atoms with Crippen LogP contribution in [0.2, 0.25) is 0 Å². The smallest absolute Gasteiger partial charge is 0.273 e. The van der Waals surface area contributed by atoms with E-state index in [2.05, 4.69) is 0 Å². The molecule has 0 aliphatic rings. The summed E-state index contributed by atoms with van der Waals surface area (Å²) in [5, 5.41) is 13.1. The predicted molar refractivity (Wildman–Crippen MR) is 94.4 cm³/mol. The summed E-state index contributed by atoms with van der Waals surface area (Å²) < 4.78 is 5.08. The Hall–Kier alpha value is -2.93. The molecule has 0 spiro atoms. The Kier molecular flexibility index (Phi) is 4.95. The van der Waals surface area contributed by atoms with Gasteiger partial charge < -0.3 is 9.32 Å². The van der Waals surface area contributed by atoms with Gasteiger partial charge in [-0.25, -0.2) is 0 Å². The number of hydrogen-bond donors (Lipinski definition) is 0. The van der Waals surface area contributed by atoms with E-state index >= 15 is 0 Å². The van der Waals surface area contributed by atoms with E-state index in [0.717, 1.165) is 10.4 Å². The minimum atomic E-state index is -0.466. The van der Waals surface area contributed by atoms with E-state index in [1.807, 2.05) is 17.5 Å². The van der Waals surface area contributed by atoms with Crippen molar-refractivity contribution in [1.29, 1.82) is 0 Å². The van der Waals surface area contributed by atoms with Gasteiger partial charge in [0.15, 0.2) is 0 Å². The SMILES string of the molecule is Cc1ccc(C(=O)N(Cc2ccoc2)Cc2cccs2)cc1[N+](=O)[O-]. The van der Waals surface area contributed by atoms with Gasteiger partial charge in [0.05, 0.1) is 24.0 Å². The minimum Gasteiger partial charge on any atom is -0.472 e. The minimum absolute atomic E-state index is 0.0507. The van der Waals surface area contributed by atoms with Crippen molar-refractivity contribution in [2.75, 3.05) is 0 Å². The summed E-state index contributed by atoms with van der Waals surface area (Å²) in [6.45, 7) is 2.46. The van der Waals surface area contributed by atoms with Gasteiger partial charge in [0.25, 0.3) is 11.6 Å². The topological polar surface area (TPSA) is 76.6 Å². The van der Waals surface area contributed by atoms with Crippen LogP contribution in [0.1, 0.15) is 26.4 Å². The van der Waals surface area contributed by atoms with Crippen LogP contribution in [0.4, 0.5) is 5.69 Å². The number of nitro groups is 1. The third kappa shape index (κ3) is 3.95. The molecule has 0 atom stereocenters. The summed E-state index contributed by atoms with van der Waals surface area (Å²) in [5.74, 6) is -0.252. The highest BCUT2D eigenvalue weighted by atomic mass is 32.1. The van der Waals surface area contributed by atoms with Crippen LogP contribution < -0.4 is 0 Å². The van der Waals surface area contributed by atoms with Crippen molar-refractivity contribution in [1.82, 2.24) is 4.90 Å². The lowest BCUT2D eigenvalue weighted by molar-refractivity contribution is -0.385. The average molecular weight is 356 g/mol. The van der Waals surface area contributed by atoms with Crippen LogP contribution in [-0.2, 0) is 13.1 Å². The highest BCUT2D eigenvalue weighted by Gasteiger charge is 2.21. The van der Waals surface area contributed by atoms with E-state index < -0.39 is 4.92 Å². The number of aryl methyl sites for hydroxylation is 1. The molecule has 3 aromatic rings. The lowest BCUT2D eigenvalue weighted by Gasteiger charge is -2.21. The Morgan fingerprint density at radius 1 is 1.28 bits per heavy atom. The van der Waals surface area contributed by atoms with E-state index in [-0.39, 0.29) is 11.6 Å². The van der Waals surface area contributed by atoms with Gasteiger partial charge in [-0.2, -0.15) is 0 Å². The quantitative estimate of drug-likeness (QED) is 0.484. The summed E-state index contributed by atoms with van der Waals surface area (Å²) in [6, 6.07) is 10.3. The highest BCUT2D eigenvalue weighted by Crippen LogP contribution is 2.22. The molecule has 0 aliphatic carbocycles. The van der Waals surface area contributed by atoms with Crippen molar-refractivity contribution in [2.24, 2.45) is 0 Å². The second kappa shape index (κ2) is 7.31. The first-order valence-electron chi connectivity index (χ1n) is 7.62. The number of thiophene rings is 1. The molecule has 0 aliphatic heterocycles. The number of carbonyl (C=O) groups excluding carboxylic acids is 1. The fourth-order valence-corrected chi connectivity index (χ4v) is 3.23. The van der Waals surface area contributed by atoms with Gasteiger partial charge in [-0.15, -0.1) is 11.3 Å². The normalized spacial score (nSPS) is 10.6. The molecule has 128 valence electrons. The molecule has 0 saturated carbocycles. The van der Waals surface area contributed by atoms with Crippen LogP contribution in [-0.4, -0.2) is 15.7 Å². The molecule has 3 rings (SSSR count). The number of rotatable bonds is 6. The van der Waals surface area contributed by atoms with Crippen molar-refractivity contribution < 1.29 is 14.1 Å². The molecular weight excluding hydrogens is 340 g/mol. The zero-order chi connectivity index (χ0) is 17.8. The van der Waals surface area contributed by atoms with Gasteiger partial charge in [0.2, 0.25) is 0 Å². The maximum atomic E-state index is 13.0. The van der Waals surface area contributed by atoms with Gasteiger partial charge in [-0.3, -0.25) is 14.9 Å². The molecule has 7 heteroatoms. The summed E-state index contributed by atoms with van der Waals surface area (Å²) in [7, 11) is 0. The molecule has 25 heavy (non-hydrogen) atoms. The van der Waals surface area contributed by atoms with Gasteiger partial charge in [0, 0.05) is 34.2 Å². The van der Waals surface area contributed by atoms with Crippen molar-refractivity contribution in [3.63, 3.8) is 0 Å². The Morgan fingerprint density at radius 3 is 2.76 bits per heavy atom. The summed E-state index contributed by atoms with van der Waals surface area (Å²) in [5.41, 5.74) is 1.65. The fourth-order valence-electron chi connectivity index (χ4n) is 2.51. The molecule has 2 heterocycles. The van der Waals surface area contributed by atoms with Gasteiger partial charge >= 0.3 is 0 Å². The molecule has 0 radical (unpaired) electrons. The first kappa shape index (κ1) is 16.9. The van der Waals surface area contributed by atoms with E-state index in [9.17, 15) is 14.9 Å². The number of carbonyl (C=O) groups is 1. The summed E-state index contributed by atoms with van der Waals surface area (Å²) >= 11 is 1.56. The van der Waals surface area contributed by atoms with Crippen molar-refractivity contribution >= 4 is 22.9 Å².